The average molecular weight is 269 g/mol. The molecule has 0 heterocycles. The Labute approximate surface area is 106 Å². The molecular formula is C12H22F3NS. The van der Waals surface area contributed by atoms with Gasteiger partial charge in [0.05, 0.1) is 0 Å². The van der Waals surface area contributed by atoms with E-state index >= 15 is 0 Å². The summed E-state index contributed by atoms with van der Waals surface area (Å²) in [5.41, 5.74) is -4.09. The van der Waals surface area contributed by atoms with E-state index in [2.05, 4.69) is 12.2 Å². The number of alkyl halides is 3. The average Bonchev–Trinajstić information content (AvgIpc) is 2.51. The molecule has 1 rings (SSSR count). The summed E-state index contributed by atoms with van der Waals surface area (Å²) < 4.78 is 35.8. The zero-order valence-corrected chi connectivity index (χ0v) is 11.2. The molecule has 1 aliphatic rings. The lowest BCUT2D eigenvalue weighted by molar-refractivity contribution is -0.0327. The minimum Gasteiger partial charge on any atom is -0.313 e. The molecule has 0 bridgehead atoms. The van der Waals surface area contributed by atoms with E-state index in [1.54, 1.807) is 0 Å². The van der Waals surface area contributed by atoms with Crippen LogP contribution < -0.4 is 5.32 Å². The predicted molar refractivity (Wildman–Crippen MR) is 67.2 cm³/mol. The van der Waals surface area contributed by atoms with Crippen molar-refractivity contribution in [2.75, 3.05) is 12.3 Å². The van der Waals surface area contributed by atoms with E-state index in [0.717, 1.165) is 0 Å². The highest BCUT2D eigenvalue weighted by molar-refractivity contribution is 8.00. The van der Waals surface area contributed by atoms with Gasteiger partial charge in [0, 0.05) is 18.3 Å². The van der Waals surface area contributed by atoms with Crippen LogP contribution in [0.4, 0.5) is 13.2 Å². The van der Waals surface area contributed by atoms with Crippen molar-refractivity contribution in [2.24, 2.45) is 5.92 Å². The largest absolute Gasteiger partial charge is 0.441 e. The second-order valence-corrected chi connectivity index (χ2v) is 5.95. The van der Waals surface area contributed by atoms with Gasteiger partial charge in [-0.3, -0.25) is 0 Å². The van der Waals surface area contributed by atoms with Crippen molar-refractivity contribution in [3.05, 3.63) is 0 Å². The van der Waals surface area contributed by atoms with Crippen LogP contribution in [0.2, 0.25) is 0 Å². The van der Waals surface area contributed by atoms with E-state index in [9.17, 15) is 13.2 Å². The zero-order chi connectivity index (χ0) is 12.7. The molecule has 17 heavy (non-hydrogen) atoms. The van der Waals surface area contributed by atoms with Crippen molar-refractivity contribution >= 4 is 11.8 Å². The van der Waals surface area contributed by atoms with Crippen molar-refractivity contribution in [2.45, 2.75) is 57.0 Å². The minimum absolute atomic E-state index is 0.0638. The molecule has 1 atom stereocenters. The molecule has 1 aliphatic carbocycles. The topological polar surface area (TPSA) is 12.0 Å². The third kappa shape index (κ3) is 7.19. The molecule has 1 saturated carbocycles. The van der Waals surface area contributed by atoms with Gasteiger partial charge in [-0.1, -0.05) is 25.7 Å². The van der Waals surface area contributed by atoms with Crippen LogP contribution in [0.15, 0.2) is 0 Å². The van der Waals surface area contributed by atoms with Crippen LogP contribution >= 0.6 is 11.8 Å². The first-order chi connectivity index (χ1) is 7.99. The monoisotopic (exact) mass is 269 g/mol. The zero-order valence-electron chi connectivity index (χ0n) is 10.4. The Morgan fingerprint density at radius 3 is 2.29 bits per heavy atom. The van der Waals surface area contributed by atoms with E-state index in [4.69, 9.17) is 0 Å². The molecule has 102 valence electrons. The fraction of sp³-hybridized carbons (Fsp3) is 1.00. The fourth-order valence-corrected chi connectivity index (χ4v) is 2.88. The van der Waals surface area contributed by atoms with E-state index in [1.807, 2.05) is 0 Å². The summed E-state index contributed by atoms with van der Waals surface area (Å²) in [4.78, 5) is 0. The summed E-state index contributed by atoms with van der Waals surface area (Å²) in [5, 5.41) is 3.23. The molecule has 0 aromatic heterocycles. The highest BCUT2D eigenvalue weighted by Gasteiger charge is 2.27. The van der Waals surface area contributed by atoms with Crippen LogP contribution in [0.5, 0.6) is 0 Å². The molecule has 5 heteroatoms. The SMILES string of the molecule is C[C@H](NCCSC(F)(F)F)C1CCCCCC1. The summed E-state index contributed by atoms with van der Waals surface area (Å²) in [6, 6.07) is 0.349. The van der Waals surface area contributed by atoms with Gasteiger partial charge in [-0.25, -0.2) is 0 Å². The van der Waals surface area contributed by atoms with Crippen molar-refractivity contribution in [1.29, 1.82) is 0 Å². The highest BCUT2D eigenvalue weighted by Crippen LogP contribution is 2.29. The van der Waals surface area contributed by atoms with Crippen LogP contribution in [0.25, 0.3) is 0 Å². The quantitative estimate of drug-likeness (QED) is 0.593. The predicted octanol–water partition coefficient (Wildman–Crippen LogP) is 4.19. The van der Waals surface area contributed by atoms with Crippen LogP contribution in [0, 0.1) is 5.92 Å². The Balaban J connectivity index is 2.13. The normalized spacial score (nSPS) is 21.2. The molecule has 1 nitrogen and oxygen atoms in total. The number of halogens is 3. The molecule has 0 amide bonds. The maximum atomic E-state index is 11.9. The summed E-state index contributed by atoms with van der Waals surface area (Å²) >= 11 is 0.0638. The van der Waals surface area contributed by atoms with E-state index in [1.165, 1.54) is 38.5 Å². The molecule has 1 N–H and O–H groups in total. The fourth-order valence-electron chi connectivity index (χ4n) is 2.43. The summed E-state index contributed by atoms with van der Waals surface area (Å²) in [5.74, 6) is 0.758. The molecule has 1 fully saturated rings. The van der Waals surface area contributed by atoms with Crippen LogP contribution in [-0.2, 0) is 0 Å². The van der Waals surface area contributed by atoms with Gasteiger partial charge in [0.15, 0.2) is 0 Å². The van der Waals surface area contributed by atoms with Gasteiger partial charge in [0.25, 0.3) is 0 Å². The van der Waals surface area contributed by atoms with Crippen LogP contribution in [0.1, 0.15) is 45.4 Å². The van der Waals surface area contributed by atoms with Gasteiger partial charge in [-0.2, -0.15) is 13.2 Å². The maximum Gasteiger partial charge on any atom is 0.441 e. The lowest BCUT2D eigenvalue weighted by Gasteiger charge is -2.23. The summed E-state index contributed by atoms with van der Waals surface area (Å²) in [7, 11) is 0. The summed E-state index contributed by atoms with van der Waals surface area (Å²) in [6.45, 7) is 2.55. The molecule has 0 aromatic carbocycles. The van der Waals surface area contributed by atoms with Gasteiger partial charge in [-0.05, 0) is 37.4 Å². The van der Waals surface area contributed by atoms with E-state index < -0.39 is 5.51 Å². The minimum atomic E-state index is -4.09. The Morgan fingerprint density at radius 2 is 1.76 bits per heavy atom. The van der Waals surface area contributed by atoms with Gasteiger partial charge < -0.3 is 5.32 Å². The van der Waals surface area contributed by atoms with Crippen molar-refractivity contribution < 1.29 is 13.2 Å². The number of hydrogen-bond donors (Lipinski definition) is 1. The van der Waals surface area contributed by atoms with Crippen molar-refractivity contribution in [1.82, 2.24) is 5.32 Å². The van der Waals surface area contributed by atoms with Crippen molar-refractivity contribution in [3.8, 4) is 0 Å². The first kappa shape index (κ1) is 15.2. The standard InChI is InChI=1S/C12H22F3NS/c1-10(11-6-4-2-3-5-7-11)16-8-9-17-12(13,14)15/h10-11,16H,2-9H2,1H3/t10-/m0/s1. The third-order valence-electron chi connectivity index (χ3n) is 3.44. The maximum absolute atomic E-state index is 11.9. The molecular weight excluding hydrogens is 247 g/mol. The first-order valence-electron chi connectivity index (χ1n) is 6.43. The Bertz CT molecular complexity index is 200. The Morgan fingerprint density at radius 1 is 1.18 bits per heavy atom. The second-order valence-electron chi connectivity index (χ2n) is 4.79. The van der Waals surface area contributed by atoms with E-state index in [0.29, 0.717) is 18.5 Å². The van der Waals surface area contributed by atoms with Crippen molar-refractivity contribution in [3.63, 3.8) is 0 Å². The van der Waals surface area contributed by atoms with Gasteiger partial charge in [0.2, 0.25) is 0 Å². The highest BCUT2D eigenvalue weighted by atomic mass is 32.2. The summed E-state index contributed by atoms with van der Waals surface area (Å²) in [6.07, 6.45) is 7.61. The Kier molecular flexibility index (Phi) is 6.70. The number of nitrogens with one attached hydrogen (secondary N) is 1. The third-order valence-corrected chi connectivity index (χ3v) is 4.18. The number of hydrogen-bond acceptors (Lipinski definition) is 2. The molecule has 0 aliphatic heterocycles. The molecule has 0 spiro atoms. The number of thioether (sulfide) groups is 1. The molecule has 0 aromatic rings. The first-order valence-corrected chi connectivity index (χ1v) is 7.41. The second kappa shape index (κ2) is 7.52. The van der Waals surface area contributed by atoms with Gasteiger partial charge in [0.1, 0.15) is 0 Å². The van der Waals surface area contributed by atoms with Crippen LogP contribution in [0.3, 0.4) is 0 Å². The van der Waals surface area contributed by atoms with E-state index in [-0.39, 0.29) is 17.5 Å². The number of rotatable bonds is 5. The Hall–Kier alpha value is 0.100. The van der Waals surface area contributed by atoms with Crippen LogP contribution in [-0.4, -0.2) is 23.8 Å². The smallest absolute Gasteiger partial charge is 0.313 e. The van der Waals surface area contributed by atoms with Gasteiger partial charge in [-0.15, -0.1) is 0 Å². The lowest BCUT2D eigenvalue weighted by atomic mass is 9.93. The molecule has 0 radical (unpaired) electrons. The molecule has 0 saturated heterocycles. The lowest BCUT2D eigenvalue weighted by Crippen LogP contribution is -2.35. The van der Waals surface area contributed by atoms with Gasteiger partial charge >= 0.3 is 5.51 Å². The molecule has 0 unspecified atom stereocenters.